The van der Waals surface area contributed by atoms with Crippen LogP contribution in [0.5, 0.6) is 0 Å². The molecule has 4 aromatic carbocycles. The van der Waals surface area contributed by atoms with Crippen molar-refractivity contribution in [3.63, 3.8) is 0 Å². The molecule has 0 aromatic heterocycles. The third kappa shape index (κ3) is 7.99. The van der Waals surface area contributed by atoms with E-state index in [1.54, 1.807) is 20.8 Å². The molecule has 2 unspecified atom stereocenters. The Hall–Kier alpha value is -5.57. The summed E-state index contributed by atoms with van der Waals surface area (Å²) in [6.07, 6.45) is 1.51. The summed E-state index contributed by atoms with van der Waals surface area (Å²) in [5, 5.41) is 21.7. The molecule has 0 aliphatic carbocycles. The van der Waals surface area contributed by atoms with Gasteiger partial charge in [0.15, 0.2) is 0 Å². The summed E-state index contributed by atoms with van der Waals surface area (Å²) in [5.41, 5.74) is 2.88. The van der Waals surface area contributed by atoms with E-state index in [1.165, 1.54) is 18.7 Å². The van der Waals surface area contributed by atoms with Gasteiger partial charge in [-0.3, -0.25) is 28.9 Å². The van der Waals surface area contributed by atoms with Crippen LogP contribution in [0.25, 0.3) is 22.3 Å². The van der Waals surface area contributed by atoms with E-state index in [4.69, 9.17) is 0 Å². The third-order valence-electron chi connectivity index (χ3n) is 10.1. The summed E-state index contributed by atoms with van der Waals surface area (Å²) < 4.78 is 0. The summed E-state index contributed by atoms with van der Waals surface area (Å²) >= 11 is 0. The largest absolute Gasteiger partial charge is 0.480 e. The van der Waals surface area contributed by atoms with Crippen molar-refractivity contribution in [2.75, 3.05) is 0 Å². The number of benzene rings is 4. The molecular weight excluding hydrogens is 656 g/mol. The van der Waals surface area contributed by atoms with Crippen molar-refractivity contribution < 1.29 is 34.2 Å². The molecule has 2 fully saturated rings. The number of rotatable bonds is 8. The maximum absolute atomic E-state index is 12.9. The zero-order valence-corrected chi connectivity index (χ0v) is 30.3. The molecule has 270 valence electrons. The van der Waals surface area contributed by atoms with Crippen LogP contribution < -0.4 is 5.32 Å². The fourth-order valence-corrected chi connectivity index (χ4v) is 6.82. The maximum Gasteiger partial charge on any atom is 0.319 e. The van der Waals surface area contributed by atoms with E-state index in [-0.39, 0.29) is 18.4 Å². The van der Waals surface area contributed by atoms with Crippen LogP contribution in [0.2, 0.25) is 0 Å². The second kappa shape index (κ2) is 15.0. The fourth-order valence-electron chi connectivity index (χ4n) is 6.82. The lowest BCUT2D eigenvalue weighted by Gasteiger charge is -2.29. The Morgan fingerprint density at radius 3 is 1.48 bits per heavy atom. The van der Waals surface area contributed by atoms with Crippen LogP contribution in [0.4, 0.5) is 0 Å². The van der Waals surface area contributed by atoms with Crippen LogP contribution in [0, 0.1) is 16.2 Å². The molecule has 3 N–H and O–H groups in total. The zero-order chi connectivity index (χ0) is 37.8. The number of carboxylic acid groups (broad SMARTS) is 2. The van der Waals surface area contributed by atoms with Gasteiger partial charge in [0.25, 0.3) is 0 Å². The van der Waals surface area contributed by atoms with Gasteiger partial charge in [-0.25, -0.2) is 0 Å². The molecule has 2 aliphatic rings. The number of carbonyl (C=O) groups is 5. The van der Waals surface area contributed by atoms with Gasteiger partial charge >= 0.3 is 11.9 Å². The molecule has 0 saturated carbocycles. The maximum atomic E-state index is 12.9. The monoisotopic (exact) mass is 702 g/mol. The predicted octanol–water partition coefficient (Wildman–Crippen LogP) is 7.04. The van der Waals surface area contributed by atoms with Gasteiger partial charge in [0, 0.05) is 17.5 Å². The molecule has 0 spiro atoms. The smallest absolute Gasteiger partial charge is 0.319 e. The number of hydrogen-bond acceptors (Lipinski definition) is 5. The third-order valence-corrected chi connectivity index (χ3v) is 10.1. The van der Waals surface area contributed by atoms with Crippen LogP contribution in [0.3, 0.4) is 0 Å². The summed E-state index contributed by atoms with van der Waals surface area (Å²) in [5.74, 6) is -3.59. The highest BCUT2D eigenvalue weighted by molar-refractivity contribution is 6.10. The highest BCUT2D eigenvalue weighted by atomic mass is 16.4. The number of aliphatic carboxylic acids is 2. The number of carboxylic acids is 2. The minimum absolute atomic E-state index is 0.115. The van der Waals surface area contributed by atoms with Crippen molar-refractivity contribution in [2.24, 2.45) is 16.2 Å². The van der Waals surface area contributed by atoms with Gasteiger partial charge in [-0.2, -0.15) is 0 Å². The molecule has 9 heteroatoms. The van der Waals surface area contributed by atoms with Crippen LogP contribution in [-0.2, 0) is 36.8 Å². The van der Waals surface area contributed by atoms with Gasteiger partial charge in [-0.05, 0) is 72.9 Å². The molecule has 2 heterocycles. The molecule has 0 radical (unpaired) electrons. The number of hydrogen-bond donors (Lipinski definition) is 3. The van der Waals surface area contributed by atoms with E-state index < -0.39 is 46.0 Å². The van der Waals surface area contributed by atoms with Gasteiger partial charge in [0.1, 0.15) is 10.8 Å². The highest BCUT2D eigenvalue weighted by Gasteiger charge is 2.56. The molecule has 4 aromatic rings. The second-order valence-corrected chi connectivity index (χ2v) is 15.3. The summed E-state index contributed by atoms with van der Waals surface area (Å²) in [4.78, 5) is 62.0. The number of nitrogens with one attached hydrogen (secondary N) is 1. The lowest BCUT2D eigenvalue weighted by Crippen LogP contribution is -2.48. The predicted molar refractivity (Wildman–Crippen MR) is 199 cm³/mol. The second-order valence-electron chi connectivity index (χ2n) is 15.3. The van der Waals surface area contributed by atoms with E-state index >= 15 is 0 Å². The van der Waals surface area contributed by atoms with E-state index in [9.17, 15) is 34.2 Å². The van der Waals surface area contributed by atoms with Gasteiger partial charge in [0.05, 0.1) is 0 Å². The van der Waals surface area contributed by atoms with E-state index in [0.29, 0.717) is 19.3 Å². The Balaban J connectivity index is 0.000000206. The minimum atomic E-state index is -1.57. The van der Waals surface area contributed by atoms with Crippen molar-refractivity contribution in [1.82, 2.24) is 10.2 Å². The standard InChI is InChI=1S/C24H27NO4.C19H19NO3/c1-23(2,3)20(26)25-19(15-24(4,21(25)27)22(28)29)14-16-10-12-18(13-11-16)17-8-6-5-7-9-17;1-19(18(22)23)12-16(20-17(19)21)11-13-7-9-15(10-8-13)14-5-3-2-4-6-14/h5-13,19H,14-15H2,1-4H3,(H,28,29);2-10,16H,11-12H2,1H3,(H,20,21)(H,22,23)/t19-,24?;16-,19?/m11/s1. The zero-order valence-electron chi connectivity index (χ0n) is 30.3. The first-order valence-electron chi connectivity index (χ1n) is 17.5. The Morgan fingerprint density at radius 2 is 1.08 bits per heavy atom. The van der Waals surface area contributed by atoms with Crippen molar-refractivity contribution in [3.8, 4) is 22.3 Å². The van der Waals surface area contributed by atoms with Crippen molar-refractivity contribution in [3.05, 3.63) is 120 Å². The number of likely N-dealkylation sites (tertiary alicyclic amines) is 1. The molecule has 2 aliphatic heterocycles. The van der Waals surface area contributed by atoms with Crippen molar-refractivity contribution in [2.45, 2.75) is 72.4 Å². The molecule has 6 rings (SSSR count). The Labute approximate surface area is 304 Å². The first-order chi connectivity index (χ1) is 24.5. The summed E-state index contributed by atoms with van der Waals surface area (Å²) in [7, 11) is 0. The van der Waals surface area contributed by atoms with E-state index in [0.717, 1.165) is 33.4 Å². The minimum Gasteiger partial charge on any atom is -0.480 e. The molecule has 52 heavy (non-hydrogen) atoms. The van der Waals surface area contributed by atoms with Crippen LogP contribution >= 0.6 is 0 Å². The average Bonchev–Trinajstić information content (AvgIpc) is 3.56. The topological polar surface area (TPSA) is 141 Å². The summed E-state index contributed by atoms with van der Waals surface area (Å²) in [6, 6.07) is 35.6. The first kappa shape index (κ1) is 37.7. The van der Waals surface area contributed by atoms with Crippen LogP contribution in [0.1, 0.15) is 58.6 Å². The van der Waals surface area contributed by atoms with Gasteiger partial charge in [-0.15, -0.1) is 0 Å². The average molecular weight is 703 g/mol. The number of nitrogens with zero attached hydrogens (tertiary/aromatic N) is 1. The number of imide groups is 1. The van der Waals surface area contributed by atoms with Crippen LogP contribution in [0.15, 0.2) is 109 Å². The quantitative estimate of drug-likeness (QED) is 0.167. The first-order valence-corrected chi connectivity index (χ1v) is 17.5. The lowest BCUT2D eigenvalue weighted by atomic mass is 9.86. The normalized spacial score (nSPS) is 22.7. The summed E-state index contributed by atoms with van der Waals surface area (Å²) in [6.45, 7) is 8.13. The molecule has 2 saturated heterocycles. The SMILES string of the molecule is CC(C)(C)C(=O)N1C(=O)C(C)(C(=O)O)C[C@H]1Cc1ccc(-c2ccccc2)cc1.CC1(C(=O)O)C[C@@H](Cc2ccc(-c3ccccc3)cc2)NC1=O. The van der Waals surface area contributed by atoms with E-state index in [1.807, 2.05) is 84.9 Å². The Bertz CT molecular complexity index is 1940. The van der Waals surface area contributed by atoms with Crippen molar-refractivity contribution >= 4 is 29.7 Å². The molecule has 4 atom stereocenters. The fraction of sp³-hybridized carbons (Fsp3) is 0.326. The number of carbonyl (C=O) groups excluding carboxylic acids is 3. The van der Waals surface area contributed by atoms with Gasteiger partial charge < -0.3 is 15.5 Å². The molecule has 3 amide bonds. The van der Waals surface area contributed by atoms with E-state index in [2.05, 4.69) is 29.6 Å². The van der Waals surface area contributed by atoms with Crippen molar-refractivity contribution in [1.29, 1.82) is 0 Å². The van der Waals surface area contributed by atoms with Crippen LogP contribution in [-0.4, -0.2) is 56.9 Å². The molecule has 0 bridgehead atoms. The van der Waals surface area contributed by atoms with Gasteiger partial charge in [0.2, 0.25) is 17.7 Å². The Kier molecular flexibility index (Phi) is 10.8. The molecule has 9 nitrogen and oxygen atoms in total. The lowest BCUT2D eigenvalue weighted by molar-refractivity contribution is -0.159. The Morgan fingerprint density at radius 1 is 0.654 bits per heavy atom. The highest BCUT2D eigenvalue weighted by Crippen LogP contribution is 2.40. The molecular formula is C43H46N2O7. The number of amides is 3. The van der Waals surface area contributed by atoms with Gasteiger partial charge in [-0.1, -0.05) is 130 Å².